The fraction of sp³-hybridized carbons (Fsp3) is 0.0714. The molecule has 0 aromatic heterocycles. The Balaban J connectivity index is 2.24. The molecule has 0 radical (unpaired) electrons. The van der Waals surface area contributed by atoms with E-state index >= 15 is 0 Å². The van der Waals surface area contributed by atoms with Crippen LogP contribution in [0.5, 0.6) is 0 Å². The molecule has 19 heavy (non-hydrogen) atoms. The van der Waals surface area contributed by atoms with E-state index < -0.39 is 21.4 Å². The molecular weight excluding hydrogens is 284 g/mol. The van der Waals surface area contributed by atoms with Gasteiger partial charge in [0.2, 0.25) is 0 Å². The highest BCUT2D eigenvalue weighted by molar-refractivity contribution is 7.92. The van der Waals surface area contributed by atoms with Crippen molar-refractivity contribution < 1.29 is 13.2 Å². The molecule has 2 aromatic carbocycles. The quantitative estimate of drug-likeness (QED) is 0.815. The summed E-state index contributed by atoms with van der Waals surface area (Å²) in [6.07, 6.45) is 0. The molecule has 0 spiro atoms. The van der Waals surface area contributed by atoms with Crippen molar-refractivity contribution in [1.82, 2.24) is 0 Å². The maximum atomic E-state index is 12.0. The standard InChI is InChI=1S/C14H11ClO3S/c15-12-6-4-5-11(9-12)14(16)10-19(17,18)13-7-2-1-3-8-13/h1-9H,10H2. The number of hydrogen-bond donors (Lipinski definition) is 0. The van der Waals surface area contributed by atoms with Crippen molar-refractivity contribution in [3.05, 3.63) is 65.2 Å². The van der Waals surface area contributed by atoms with Gasteiger partial charge in [0.05, 0.1) is 4.90 Å². The molecule has 3 nitrogen and oxygen atoms in total. The van der Waals surface area contributed by atoms with Gasteiger partial charge in [-0.15, -0.1) is 0 Å². The summed E-state index contributed by atoms with van der Waals surface area (Å²) in [5.41, 5.74) is 0.298. The first-order valence-electron chi connectivity index (χ1n) is 5.55. The van der Waals surface area contributed by atoms with Gasteiger partial charge in [0.25, 0.3) is 0 Å². The maximum Gasteiger partial charge on any atom is 0.185 e. The number of carbonyl (C=O) groups excluding carboxylic acids is 1. The van der Waals surface area contributed by atoms with Crippen LogP contribution in [-0.2, 0) is 9.84 Å². The smallest absolute Gasteiger partial charge is 0.185 e. The average molecular weight is 295 g/mol. The molecular formula is C14H11ClO3S. The maximum absolute atomic E-state index is 12.0. The number of sulfone groups is 1. The van der Waals surface area contributed by atoms with Crippen LogP contribution in [0.1, 0.15) is 10.4 Å². The van der Waals surface area contributed by atoms with Gasteiger partial charge in [-0.1, -0.05) is 41.9 Å². The molecule has 0 atom stereocenters. The zero-order valence-corrected chi connectivity index (χ0v) is 11.5. The Morgan fingerprint density at radius 2 is 1.68 bits per heavy atom. The second kappa shape index (κ2) is 5.55. The Hall–Kier alpha value is -1.65. The lowest BCUT2D eigenvalue weighted by molar-refractivity contribution is 0.102. The average Bonchev–Trinajstić information content (AvgIpc) is 2.39. The lowest BCUT2D eigenvalue weighted by Gasteiger charge is -2.04. The van der Waals surface area contributed by atoms with Crippen LogP contribution < -0.4 is 0 Å². The van der Waals surface area contributed by atoms with E-state index in [1.807, 2.05) is 0 Å². The summed E-state index contributed by atoms with van der Waals surface area (Å²) in [6.45, 7) is 0. The fourth-order valence-corrected chi connectivity index (χ4v) is 3.07. The first kappa shape index (κ1) is 13.8. The van der Waals surface area contributed by atoms with Gasteiger partial charge in [0.1, 0.15) is 5.75 Å². The van der Waals surface area contributed by atoms with Crippen LogP contribution in [0.25, 0.3) is 0 Å². The number of hydrogen-bond acceptors (Lipinski definition) is 3. The zero-order chi connectivity index (χ0) is 13.9. The van der Waals surface area contributed by atoms with Crippen molar-refractivity contribution >= 4 is 27.2 Å². The van der Waals surface area contributed by atoms with Gasteiger partial charge in [-0.05, 0) is 24.3 Å². The Kier molecular flexibility index (Phi) is 4.02. The van der Waals surface area contributed by atoms with Gasteiger partial charge in [0.15, 0.2) is 15.6 Å². The highest BCUT2D eigenvalue weighted by Gasteiger charge is 2.20. The second-order valence-corrected chi connectivity index (χ2v) is 6.43. The van der Waals surface area contributed by atoms with Crippen molar-refractivity contribution in [2.24, 2.45) is 0 Å². The van der Waals surface area contributed by atoms with E-state index in [0.29, 0.717) is 10.6 Å². The molecule has 5 heteroatoms. The predicted octanol–water partition coefficient (Wildman–Crippen LogP) is 3.00. The van der Waals surface area contributed by atoms with Gasteiger partial charge in [0, 0.05) is 10.6 Å². The molecule has 0 saturated carbocycles. The first-order chi connectivity index (χ1) is 8.99. The predicted molar refractivity (Wildman–Crippen MR) is 74.3 cm³/mol. The molecule has 0 bridgehead atoms. The molecule has 0 amide bonds. The van der Waals surface area contributed by atoms with Crippen LogP contribution in [0.3, 0.4) is 0 Å². The normalized spacial score (nSPS) is 11.2. The summed E-state index contributed by atoms with van der Waals surface area (Å²) in [7, 11) is -3.61. The lowest BCUT2D eigenvalue weighted by atomic mass is 10.1. The summed E-state index contributed by atoms with van der Waals surface area (Å²) in [5, 5.41) is 0.406. The van der Waals surface area contributed by atoms with Crippen molar-refractivity contribution in [3.63, 3.8) is 0 Å². The summed E-state index contributed by atoms with van der Waals surface area (Å²) in [4.78, 5) is 12.1. The topological polar surface area (TPSA) is 51.2 Å². The Labute approximate surface area is 116 Å². The molecule has 0 fully saturated rings. The monoisotopic (exact) mass is 294 g/mol. The first-order valence-corrected chi connectivity index (χ1v) is 7.59. The molecule has 98 valence electrons. The number of Topliss-reactive ketones (excluding diaryl/α,β-unsaturated/α-hetero) is 1. The van der Waals surface area contributed by atoms with Gasteiger partial charge < -0.3 is 0 Å². The van der Waals surface area contributed by atoms with Gasteiger partial charge in [-0.25, -0.2) is 8.42 Å². The molecule has 0 N–H and O–H groups in total. The van der Waals surface area contributed by atoms with Crippen LogP contribution in [0.4, 0.5) is 0 Å². The lowest BCUT2D eigenvalue weighted by Crippen LogP contribution is -2.16. The highest BCUT2D eigenvalue weighted by atomic mass is 35.5. The summed E-state index contributed by atoms with van der Waals surface area (Å²) < 4.78 is 24.1. The second-order valence-electron chi connectivity index (χ2n) is 4.01. The fourth-order valence-electron chi connectivity index (χ4n) is 1.63. The molecule has 0 saturated heterocycles. The minimum absolute atomic E-state index is 0.144. The third kappa shape index (κ3) is 3.43. The van der Waals surface area contributed by atoms with Crippen LogP contribution in [0.15, 0.2) is 59.5 Å². The summed E-state index contributed by atoms with van der Waals surface area (Å²) >= 11 is 5.78. The molecule has 0 aliphatic rings. The van der Waals surface area contributed by atoms with Crippen molar-refractivity contribution in [1.29, 1.82) is 0 Å². The number of carbonyl (C=O) groups is 1. The Bertz CT molecular complexity index is 694. The van der Waals surface area contributed by atoms with E-state index in [1.54, 1.807) is 36.4 Å². The number of halogens is 1. The van der Waals surface area contributed by atoms with Gasteiger partial charge in [-0.3, -0.25) is 4.79 Å². The third-order valence-corrected chi connectivity index (χ3v) is 4.44. The minimum atomic E-state index is -3.61. The molecule has 0 aliphatic heterocycles. The SMILES string of the molecule is O=C(CS(=O)(=O)c1ccccc1)c1cccc(Cl)c1. The molecule has 2 rings (SSSR count). The van der Waals surface area contributed by atoms with Crippen molar-refractivity contribution in [3.8, 4) is 0 Å². The zero-order valence-electron chi connectivity index (χ0n) is 9.91. The summed E-state index contributed by atoms with van der Waals surface area (Å²) in [5.74, 6) is -1.02. The van der Waals surface area contributed by atoms with Crippen LogP contribution in [0, 0.1) is 0 Å². The molecule has 0 aliphatic carbocycles. The molecule has 0 heterocycles. The largest absolute Gasteiger partial charge is 0.293 e. The van der Waals surface area contributed by atoms with Gasteiger partial charge >= 0.3 is 0 Å². The van der Waals surface area contributed by atoms with Crippen molar-refractivity contribution in [2.75, 3.05) is 5.75 Å². The van der Waals surface area contributed by atoms with E-state index in [0.717, 1.165) is 0 Å². The highest BCUT2D eigenvalue weighted by Crippen LogP contribution is 2.15. The van der Waals surface area contributed by atoms with E-state index in [4.69, 9.17) is 11.6 Å². The molecule has 2 aromatic rings. The number of ketones is 1. The Morgan fingerprint density at radius 3 is 2.32 bits per heavy atom. The van der Waals surface area contributed by atoms with Gasteiger partial charge in [-0.2, -0.15) is 0 Å². The summed E-state index contributed by atoms with van der Waals surface area (Å²) in [6, 6.07) is 14.2. The van der Waals surface area contributed by atoms with E-state index in [-0.39, 0.29) is 4.90 Å². The molecule has 0 unspecified atom stereocenters. The van der Waals surface area contributed by atoms with Crippen LogP contribution in [0.2, 0.25) is 5.02 Å². The van der Waals surface area contributed by atoms with E-state index in [9.17, 15) is 13.2 Å². The number of benzene rings is 2. The van der Waals surface area contributed by atoms with E-state index in [1.165, 1.54) is 18.2 Å². The van der Waals surface area contributed by atoms with Crippen LogP contribution >= 0.6 is 11.6 Å². The van der Waals surface area contributed by atoms with Crippen molar-refractivity contribution in [2.45, 2.75) is 4.90 Å². The minimum Gasteiger partial charge on any atom is -0.293 e. The third-order valence-electron chi connectivity index (χ3n) is 2.57. The van der Waals surface area contributed by atoms with Crippen LogP contribution in [-0.4, -0.2) is 20.0 Å². The van der Waals surface area contributed by atoms with E-state index in [2.05, 4.69) is 0 Å². The Morgan fingerprint density at radius 1 is 1.00 bits per heavy atom. The number of rotatable bonds is 4.